The number of hydrogen-bond acceptors (Lipinski definition) is 4. The smallest absolute Gasteiger partial charge is 0.307 e. The molecule has 1 heterocycles. The molecule has 4 bridgehead atoms. The van der Waals surface area contributed by atoms with Crippen LogP contribution in [0.3, 0.4) is 0 Å². The van der Waals surface area contributed by atoms with E-state index in [9.17, 15) is 14.4 Å². The molecule has 3 unspecified atom stereocenters. The number of rotatable bonds is 4. The van der Waals surface area contributed by atoms with Crippen molar-refractivity contribution in [2.75, 3.05) is 16.8 Å². The van der Waals surface area contributed by atoms with Gasteiger partial charge in [-0.1, -0.05) is 28.1 Å². The Morgan fingerprint density at radius 3 is 2.63 bits per heavy atom. The van der Waals surface area contributed by atoms with E-state index in [1.807, 2.05) is 6.07 Å². The average Bonchev–Trinajstić information content (AvgIpc) is 2.64. The van der Waals surface area contributed by atoms with Crippen LogP contribution in [0.4, 0.5) is 11.4 Å². The van der Waals surface area contributed by atoms with Gasteiger partial charge in [0.15, 0.2) is 6.10 Å². The number of carbonyl (C=O) groups excluding carboxylic acids is 3. The predicted molar refractivity (Wildman–Crippen MR) is 116 cm³/mol. The number of anilines is 2. The second kappa shape index (κ2) is 7.08. The summed E-state index contributed by atoms with van der Waals surface area (Å²) in [5.74, 6) is 0.468. The number of halogens is 1. The third-order valence-electron chi connectivity index (χ3n) is 7.32. The number of hydrogen-bond donors (Lipinski definition) is 1. The molecule has 1 aromatic rings. The first-order chi connectivity index (χ1) is 14.2. The minimum absolute atomic E-state index is 0.00500. The summed E-state index contributed by atoms with van der Waals surface area (Å²) in [6.45, 7) is 1.53. The second-order valence-electron chi connectivity index (χ2n) is 9.91. The summed E-state index contributed by atoms with van der Waals surface area (Å²) >= 11 is 3.98. The Morgan fingerprint density at radius 2 is 1.93 bits per heavy atom. The number of para-hydroxylation sites is 2. The molecule has 0 aromatic heterocycles. The van der Waals surface area contributed by atoms with E-state index in [0.717, 1.165) is 19.3 Å². The van der Waals surface area contributed by atoms with Crippen LogP contribution < -0.4 is 10.2 Å². The molecule has 160 valence electrons. The van der Waals surface area contributed by atoms with Crippen LogP contribution in [0.2, 0.25) is 0 Å². The zero-order valence-corrected chi connectivity index (χ0v) is 18.7. The lowest BCUT2D eigenvalue weighted by atomic mass is 9.49. The van der Waals surface area contributed by atoms with Crippen molar-refractivity contribution in [1.82, 2.24) is 0 Å². The van der Waals surface area contributed by atoms with Gasteiger partial charge in [0.25, 0.3) is 5.91 Å². The molecule has 5 aliphatic rings. The fourth-order valence-electron chi connectivity index (χ4n) is 6.79. The van der Waals surface area contributed by atoms with E-state index < -0.39 is 6.10 Å². The largest absolute Gasteiger partial charge is 0.453 e. The summed E-state index contributed by atoms with van der Waals surface area (Å²) < 4.78 is 5.79. The maximum Gasteiger partial charge on any atom is 0.307 e. The third kappa shape index (κ3) is 3.55. The van der Waals surface area contributed by atoms with E-state index in [1.54, 1.807) is 25.1 Å². The molecular formula is C23H27BrN2O4. The molecule has 1 aromatic carbocycles. The Balaban J connectivity index is 1.26. The molecule has 30 heavy (non-hydrogen) atoms. The van der Waals surface area contributed by atoms with Crippen LogP contribution in [0.15, 0.2) is 24.3 Å². The summed E-state index contributed by atoms with van der Waals surface area (Å²) in [6.07, 6.45) is 6.36. The highest BCUT2D eigenvalue weighted by Crippen LogP contribution is 2.65. The summed E-state index contributed by atoms with van der Waals surface area (Å²) in [6, 6.07) is 7.16. The summed E-state index contributed by atoms with van der Waals surface area (Å²) in [4.78, 5) is 39.3. The molecule has 2 amide bonds. The van der Waals surface area contributed by atoms with Gasteiger partial charge in [-0.05, 0) is 74.8 Å². The van der Waals surface area contributed by atoms with Crippen LogP contribution in [0.25, 0.3) is 0 Å². The molecule has 6 nitrogen and oxygen atoms in total. The lowest BCUT2D eigenvalue weighted by molar-refractivity contribution is -0.159. The number of benzene rings is 1. The highest BCUT2D eigenvalue weighted by molar-refractivity contribution is 9.10. The van der Waals surface area contributed by atoms with Gasteiger partial charge in [0.1, 0.15) is 6.54 Å². The molecule has 3 atom stereocenters. The summed E-state index contributed by atoms with van der Waals surface area (Å²) in [5, 5.41) is 2.77. The molecule has 1 aliphatic heterocycles. The van der Waals surface area contributed by atoms with Gasteiger partial charge in [0.05, 0.1) is 17.8 Å². The van der Waals surface area contributed by atoms with E-state index in [1.165, 1.54) is 24.2 Å². The Labute approximate surface area is 184 Å². The Hall–Kier alpha value is -1.89. The number of esters is 1. The first-order valence-electron chi connectivity index (χ1n) is 10.8. The first kappa shape index (κ1) is 20.0. The van der Waals surface area contributed by atoms with Crippen LogP contribution in [0, 0.1) is 17.3 Å². The zero-order chi connectivity index (χ0) is 21.1. The zero-order valence-electron chi connectivity index (χ0n) is 17.2. The Morgan fingerprint density at radius 1 is 1.23 bits per heavy atom. The minimum Gasteiger partial charge on any atom is -0.453 e. The topological polar surface area (TPSA) is 75.7 Å². The Kier molecular flexibility index (Phi) is 4.73. The first-order valence-corrected chi connectivity index (χ1v) is 11.6. The van der Waals surface area contributed by atoms with Gasteiger partial charge >= 0.3 is 5.97 Å². The second-order valence-corrected chi connectivity index (χ2v) is 11.6. The maximum atomic E-state index is 13.0. The van der Waals surface area contributed by atoms with Crippen LogP contribution in [0.1, 0.15) is 51.9 Å². The molecule has 0 saturated heterocycles. The molecule has 6 rings (SSSR count). The lowest BCUT2D eigenvalue weighted by Gasteiger charge is -2.60. The van der Waals surface area contributed by atoms with Crippen LogP contribution >= 0.6 is 15.9 Å². The molecule has 0 spiro atoms. The minimum atomic E-state index is -0.928. The molecule has 4 aliphatic carbocycles. The quantitative estimate of drug-likeness (QED) is 0.527. The number of nitrogens with one attached hydrogen (secondary N) is 1. The van der Waals surface area contributed by atoms with E-state index in [4.69, 9.17) is 4.74 Å². The number of nitrogens with zero attached hydrogens (tertiary/aromatic N) is 1. The van der Waals surface area contributed by atoms with Crippen molar-refractivity contribution in [3.05, 3.63) is 24.3 Å². The van der Waals surface area contributed by atoms with Crippen molar-refractivity contribution in [2.45, 2.75) is 62.3 Å². The van der Waals surface area contributed by atoms with Crippen molar-refractivity contribution in [3.8, 4) is 0 Å². The van der Waals surface area contributed by atoms with Gasteiger partial charge in [-0.3, -0.25) is 19.3 Å². The van der Waals surface area contributed by atoms with Crippen LogP contribution in [-0.2, 0) is 19.1 Å². The van der Waals surface area contributed by atoms with Gasteiger partial charge < -0.3 is 10.1 Å². The Bertz CT molecular complexity index is 902. The van der Waals surface area contributed by atoms with Crippen molar-refractivity contribution in [1.29, 1.82) is 0 Å². The van der Waals surface area contributed by atoms with Crippen molar-refractivity contribution in [2.24, 2.45) is 17.3 Å². The van der Waals surface area contributed by atoms with Crippen molar-refractivity contribution < 1.29 is 19.1 Å². The highest BCUT2D eigenvalue weighted by atomic mass is 79.9. The fraction of sp³-hybridized carbons (Fsp3) is 0.609. The monoisotopic (exact) mass is 474 g/mol. The third-order valence-corrected chi connectivity index (χ3v) is 8.25. The van der Waals surface area contributed by atoms with Crippen molar-refractivity contribution >= 4 is 45.1 Å². The standard InChI is InChI=1S/C23H27BrN2O4/c1-14(21(29)26-12-19(27)25-17-4-2-3-5-18(17)26)30-20(28)11-22-7-15-6-16(8-22)10-23(24,9-15)13-22/h2-5,14-16H,6-13H2,1H3,(H,25,27). The fourth-order valence-corrected chi connectivity index (χ4v) is 8.30. The molecular weight excluding hydrogens is 448 g/mol. The number of amides is 2. The maximum absolute atomic E-state index is 13.0. The summed E-state index contributed by atoms with van der Waals surface area (Å²) in [7, 11) is 0. The molecule has 4 fully saturated rings. The van der Waals surface area contributed by atoms with Gasteiger partial charge in [-0.2, -0.15) is 0 Å². The van der Waals surface area contributed by atoms with Crippen LogP contribution in [0.5, 0.6) is 0 Å². The van der Waals surface area contributed by atoms with E-state index in [-0.39, 0.29) is 34.1 Å². The summed E-state index contributed by atoms with van der Waals surface area (Å²) in [5.41, 5.74) is 1.23. The SMILES string of the molecule is CC(OC(=O)CC12CC3CC(CC(Br)(C3)C1)C2)C(=O)N1CC(=O)Nc2ccccc21. The van der Waals surface area contributed by atoms with Gasteiger partial charge in [-0.25, -0.2) is 0 Å². The van der Waals surface area contributed by atoms with Crippen LogP contribution in [-0.4, -0.2) is 34.8 Å². The number of carbonyl (C=O) groups is 3. The average molecular weight is 475 g/mol. The van der Waals surface area contributed by atoms with E-state index in [2.05, 4.69) is 21.2 Å². The normalized spacial score (nSPS) is 34.9. The molecule has 0 radical (unpaired) electrons. The number of fused-ring (bicyclic) bond motifs is 1. The molecule has 1 N–H and O–H groups in total. The van der Waals surface area contributed by atoms with Crippen molar-refractivity contribution in [3.63, 3.8) is 0 Å². The van der Waals surface area contributed by atoms with Gasteiger partial charge in [-0.15, -0.1) is 0 Å². The highest BCUT2D eigenvalue weighted by Gasteiger charge is 2.57. The van der Waals surface area contributed by atoms with Gasteiger partial charge in [0, 0.05) is 4.32 Å². The predicted octanol–water partition coefficient (Wildman–Crippen LogP) is 4.03. The van der Waals surface area contributed by atoms with E-state index in [0.29, 0.717) is 29.6 Å². The van der Waals surface area contributed by atoms with Gasteiger partial charge in [0.2, 0.25) is 5.91 Å². The number of alkyl halides is 1. The lowest BCUT2D eigenvalue weighted by Crippen LogP contribution is -2.53. The molecule has 4 saturated carbocycles. The van der Waals surface area contributed by atoms with E-state index >= 15 is 0 Å². The molecule has 7 heteroatoms. The number of ether oxygens (including phenoxy) is 1.